The van der Waals surface area contributed by atoms with Gasteiger partial charge in [-0.2, -0.15) is 0 Å². The Morgan fingerprint density at radius 1 is 1.50 bits per heavy atom. The largest absolute Gasteiger partial charge is 0.490 e. The number of anilines is 1. The molecule has 6 heteroatoms. The number of hydrogen-bond donors (Lipinski definition) is 3. The highest BCUT2D eigenvalue weighted by Gasteiger charge is 2.17. The molecule has 2 rings (SSSR count). The second-order valence-electron chi connectivity index (χ2n) is 4.59. The van der Waals surface area contributed by atoms with Gasteiger partial charge in [0, 0.05) is 12.1 Å². The molecule has 1 aliphatic heterocycles. The van der Waals surface area contributed by atoms with Crippen LogP contribution in [0.15, 0.2) is 18.2 Å². The van der Waals surface area contributed by atoms with Crippen molar-refractivity contribution in [2.75, 3.05) is 25.0 Å². The summed E-state index contributed by atoms with van der Waals surface area (Å²) in [6.45, 7) is 3.08. The van der Waals surface area contributed by atoms with Crippen molar-refractivity contribution in [2.45, 2.75) is 19.4 Å². The van der Waals surface area contributed by atoms with Gasteiger partial charge < -0.3 is 15.2 Å². The molecule has 0 spiro atoms. The van der Waals surface area contributed by atoms with Gasteiger partial charge in [-0.05, 0) is 24.6 Å². The maximum Gasteiger partial charge on any atom is 0.320 e. The topological polar surface area (TPSA) is 87.7 Å². The van der Waals surface area contributed by atoms with Gasteiger partial charge in [0.15, 0.2) is 5.78 Å². The van der Waals surface area contributed by atoms with Gasteiger partial charge in [0.05, 0.1) is 12.2 Å². The van der Waals surface area contributed by atoms with Gasteiger partial charge in [0.1, 0.15) is 18.4 Å². The summed E-state index contributed by atoms with van der Waals surface area (Å²) in [7, 11) is 0. The van der Waals surface area contributed by atoms with Crippen molar-refractivity contribution in [3.8, 4) is 5.75 Å². The second-order valence-corrected chi connectivity index (χ2v) is 4.59. The van der Waals surface area contributed by atoms with E-state index in [9.17, 15) is 9.59 Å². The minimum Gasteiger partial charge on any atom is -0.490 e. The molecule has 0 aromatic heterocycles. The van der Waals surface area contributed by atoms with E-state index in [-0.39, 0.29) is 12.3 Å². The lowest BCUT2D eigenvalue weighted by molar-refractivity contribution is -0.139. The molecular weight excluding hydrogens is 260 g/mol. The van der Waals surface area contributed by atoms with E-state index in [1.54, 1.807) is 25.1 Å². The van der Waals surface area contributed by atoms with Crippen LogP contribution in [-0.2, 0) is 4.79 Å². The van der Waals surface area contributed by atoms with Crippen molar-refractivity contribution in [1.82, 2.24) is 5.32 Å². The van der Waals surface area contributed by atoms with Crippen LogP contribution < -0.4 is 15.4 Å². The number of ketones is 1. The van der Waals surface area contributed by atoms with E-state index >= 15 is 0 Å². The molecule has 1 heterocycles. The van der Waals surface area contributed by atoms with Gasteiger partial charge in [-0.25, -0.2) is 0 Å². The van der Waals surface area contributed by atoms with Crippen LogP contribution in [0.25, 0.3) is 0 Å². The van der Waals surface area contributed by atoms with Gasteiger partial charge in [0.25, 0.3) is 0 Å². The molecule has 0 saturated heterocycles. The fourth-order valence-electron chi connectivity index (χ4n) is 2.04. The normalized spacial score (nSPS) is 14.7. The first kappa shape index (κ1) is 14.3. The van der Waals surface area contributed by atoms with Crippen LogP contribution in [0.3, 0.4) is 0 Å². The molecular formula is C14H18N2O4. The Morgan fingerprint density at radius 2 is 2.30 bits per heavy atom. The van der Waals surface area contributed by atoms with E-state index in [2.05, 4.69) is 10.6 Å². The number of rotatable bonds is 6. The number of ether oxygens (including phenoxy) is 1. The summed E-state index contributed by atoms with van der Waals surface area (Å²) in [5, 5.41) is 14.8. The Labute approximate surface area is 117 Å². The predicted molar refractivity (Wildman–Crippen MR) is 74.5 cm³/mol. The number of fused-ring (bicyclic) bond motifs is 1. The Kier molecular flexibility index (Phi) is 4.57. The highest BCUT2D eigenvalue weighted by atomic mass is 16.5. The lowest BCUT2D eigenvalue weighted by Gasteiger charge is -2.19. The van der Waals surface area contributed by atoms with Crippen molar-refractivity contribution in [1.29, 1.82) is 0 Å². The van der Waals surface area contributed by atoms with E-state index in [0.717, 1.165) is 11.4 Å². The maximum atomic E-state index is 12.0. The Balaban J connectivity index is 2.00. The number of aliphatic carboxylic acids is 1. The number of carboxylic acid groups (broad SMARTS) is 1. The summed E-state index contributed by atoms with van der Waals surface area (Å²) >= 11 is 0. The first-order valence-corrected chi connectivity index (χ1v) is 6.62. The van der Waals surface area contributed by atoms with Crippen molar-refractivity contribution < 1.29 is 19.4 Å². The van der Waals surface area contributed by atoms with Crippen molar-refractivity contribution in [3.63, 3.8) is 0 Å². The average molecular weight is 278 g/mol. The highest BCUT2D eigenvalue weighted by Crippen LogP contribution is 2.28. The van der Waals surface area contributed by atoms with Crippen LogP contribution in [0.1, 0.15) is 23.7 Å². The Bertz CT molecular complexity index is 516. The van der Waals surface area contributed by atoms with Gasteiger partial charge in [0.2, 0.25) is 0 Å². The molecule has 0 fully saturated rings. The molecule has 3 N–H and O–H groups in total. The van der Waals surface area contributed by atoms with Gasteiger partial charge >= 0.3 is 5.97 Å². The molecule has 0 radical (unpaired) electrons. The lowest BCUT2D eigenvalue weighted by atomic mass is 10.1. The predicted octanol–water partition coefficient (Wildman–Crippen LogP) is 1.13. The summed E-state index contributed by atoms with van der Waals surface area (Å²) < 4.78 is 5.44. The fraction of sp³-hybridized carbons (Fsp3) is 0.429. The minimum absolute atomic E-state index is 0.00442. The van der Waals surface area contributed by atoms with Crippen LogP contribution in [0.4, 0.5) is 5.69 Å². The first-order valence-electron chi connectivity index (χ1n) is 6.62. The summed E-state index contributed by atoms with van der Waals surface area (Å²) in [5.74, 6) is -0.349. The third kappa shape index (κ3) is 3.27. The molecule has 1 unspecified atom stereocenters. The number of Topliss-reactive ketones (excluding diaryl/α,β-unsaturated/α-hetero) is 1. The first-order chi connectivity index (χ1) is 9.61. The molecule has 1 aromatic carbocycles. The summed E-state index contributed by atoms with van der Waals surface area (Å²) in [5.41, 5.74) is 1.34. The molecule has 0 amide bonds. The number of hydrogen-bond acceptors (Lipinski definition) is 5. The van der Waals surface area contributed by atoms with E-state index < -0.39 is 12.0 Å². The highest BCUT2D eigenvalue weighted by molar-refractivity contribution is 5.99. The molecule has 6 nitrogen and oxygen atoms in total. The lowest BCUT2D eigenvalue weighted by Crippen LogP contribution is -2.39. The maximum absolute atomic E-state index is 12.0. The van der Waals surface area contributed by atoms with Crippen molar-refractivity contribution >= 4 is 17.4 Å². The quantitative estimate of drug-likeness (QED) is 0.676. The van der Waals surface area contributed by atoms with E-state index in [4.69, 9.17) is 9.84 Å². The van der Waals surface area contributed by atoms with Crippen LogP contribution in [-0.4, -0.2) is 42.6 Å². The molecule has 1 atom stereocenters. The second kappa shape index (κ2) is 6.38. The Morgan fingerprint density at radius 3 is 3.00 bits per heavy atom. The zero-order valence-corrected chi connectivity index (χ0v) is 11.3. The average Bonchev–Trinajstić information content (AvgIpc) is 2.46. The smallest absolute Gasteiger partial charge is 0.320 e. The van der Waals surface area contributed by atoms with E-state index in [1.807, 2.05) is 0 Å². The number of carbonyl (C=O) groups is 2. The number of nitrogens with one attached hydrogen (secondary N) is 2. The van der Waals surface area contributed by atoms with E-state index in [0.29, 0.717) is 25.1 Å². The molecule has 108 valence electrons. The third-order valence-electron chi connectivity index (χ3n) is 3.19. The van der Waals surface area contributed by atoms with Crippen molar-refractivity contribution in [2.24, 2.45) is 0 Å². The van der Waals surface area contributed by atoms with Crippen LogP contribution in [0, 0.1) is 0 Å². The third-order valence-corrected chi connectivity index (χ3v) is 3.19. The van der Waals surface area contributed by atoms with Crippen LogP contribution in [0.2, 0.25) is 0 Å². The summed E-state index contributed by atoms with van der Waals surface area (Å²) in [6, 6.07) is 4.49. The molecule has 0 bridgehead atoms. The van der Waals surface area contributed by atoms with Crippen molar-refractivity contribution in [3.05, 3.63) is 23.8 Å². The van der Waals surface area contributed by atoms with Crippen LogP contribution >= 0.6 is 0 Å². The summed E-state index contributed by atoms with van der Waals surface area (Å²) in [4.78, 5) is 22.9. The Hall–Kier alpha value is -2.08. The molecule has 20 heavy (non-hydrogen) atoms. The molecule has 0 aliphatic carbocycles. The fourth-order valence-corrected chi connectivity index (χ4v) is 2.04. The molecule has 0 saturated carbocycles. The summed E-state index contributed by atoms with van der Waals surface area (Å²) in [6.07, 6.45) is 0.433. The van der Waals surface area contributed by atoms with Crippen LogP contribution in [0.5, 0.6) is 5.75 Å². The number of carboxylic acids is 1. The van der Waals surface area contributed by atoms with Gasteiger partial charge in [-0.15, -0.1) is 0 Å². The number of benzene rings is 1. The zero-order valence-electron chi connectivity index (χ0n) is 11.3. The molecule has 1 aromatic rings. The standard InChI is InChI=1S/C14H18N2O4/c1-2-10(14(18)19)16-8-12(17)9-3-4-13-11(7-9)15-5-6-20-13/h3-4,7,10,15-16H,2,5-6,8H2,1H3,(H,18,19). The van der Waals surface area contributed by atoms with Gasteiger partial charge in [-0.3, -0.25) is 14.9 Å². The minimum atomic E-state index is -0.944. The SMILES string of the molecule is CCC(NCC(=O)c1ccc2c(c1)NCCO2)C(=O)O. The molecule has 1 aliphatic rings. The zero-order chi connectivity index (χ0) is 14.5. The van der Waals surface area contributed by atoms with E-state index in [1.165, 1.54) is 0 Å². The number of carbonyl (C=O) groups excluding carboxylic acids is 1. The van der Waals surface area contributed by atoms with Gasteiger partial charge in [-0.1, -0.05) is 6.92 Å². The monoisotopic (exact) mass is 278 g/mol.